The fourth-order valence-corrected chi connectivity index (χ4v) is 6.76. The maximum absolute atomic E-state index is 13.5. The standard InChI is InChI=1S/C33H31Cl2N3O6S2/c34-25-5-6-26(27(35)19-25)22-4-7-28(44-15-12-37-10-13-43-14-11-37)24(17-22)18-29-31(40)38(33(45)46-29)9-8-30(39)36-20-21-2-1-3-23(16-21)32(41)42/h1-7,16-19H,8-15,20H2,(H,36,39)(H,41,42)/b29-18-. The number of ether oxygens (including phenoxy) is 2. The van der Waals surface area contributed by atoms with Crippen LogP contribution in [0.2, 0.25) is 10.0 Å². The van der Waals surface area contributed by atoms with Crippen LogP contribution in [0.1, 0.15) is 27.9 Å². The number of hydrogen-bond acceptors (Lipinski definition) is 8. The van der Waals surface area contributed by atoms with E-state index in [2.05, 4.69) is 10.2 Å². The van der Waals surface area contributed by atoms with Crippen LogP contribution in [0.5, 0.6) is 5.75 Å². The highest BCUT2D eigenvalue weighted by molar-refractivity contribution is 8.26. The van der Waals surface area contributed by atoms with Gasteiger partial charge in [-0.15, -0.1) is 0 Å². The number of benzene rings is 3. The summed E-state index contributed by atoms with van der Waals surface area (Å²) >= 11 is 19.3. The molecule has 46 heavy (non-hydrogen) atoms. The van der Waals surface area contributed by atoms with Crippen molar-refractivity contribution in [3.05, 3.63) is 92.3 Å². The number of halogens is 2. The van der Waals surface area contributed by atoms with Crippen LogP contribution in [0.25, 0.3) is 17.2 Å². The number of thiocarbonyl (C=S) groups is 1. The summed E-state index contributed by atoms with van der Waals surface area (Å²) in [4.78, 5) is 41.3. The highest BCUT2D eigenvalue weighted by Gasteiger charge is 2.32. The molecule has 0 unspecified atom stereocenters. The molecule has 2 amide bonds. The predicted octanol–water partition coefficient (Wildman–Crippen LogP) is 5.98. The highest BCUT2D eigenvalue weighted by Crippen LogP contribution is 2.37. The Hall–Kier alpha value is -3.45. The third-order valence-corrected chi connectivity index (χ3v) is 9.33. The van der Waals surface area contributed by atoms with Crippen LogP contribution in [0.15, 0.2) is 65.6 Å². The minimum atomic E-state index is -1.04. The molecule has 240 valence electrons. The lowest BCUT2D eigenvalue weighted by molar-refractivity contribution is -0.123. The van der Waals surface area contributed by atoms with Crippen molar-refractivity contribution < 1.29 is 29.0 Å². The number of rotatable bonds is 12. The van der Waals surface area contributed by atoms with Crippen molar-refractivity contribution in [2.75, 3.05) is 46.0 Å². The van der Waals surface area contributed by atoms with Gasteiger partial charge in [0.1, 0.15) is 16.7 Å². The van der Waals surface area contributed by atoms with E-state index in [1.165, 1.54) is 28.8 Å². The zero-order valence-electron chi connectivity index (χ0n) is 24.7. The van der Waals surface area contributed by atoms with Gasteiger partial charge >= 0.3 is 5.97 Å². The first kappa shape index (κ1) is 33.9. The SMILES string of the molecule is O=C(CCN1C(=O)/C(=C/c2cc(-c3ccc(Cl)cc3Cl)ccc2OCCN2CCOCC2)SC1=S)NCc1cccc(C(=O)O)c1. The molecule has 0 spiro atoms. The van der Waals surface area contributed by atoms with E-state index in [9.17, 15) is 19.5 Å². The minimum absolute atomic E-state index is 0.0266. The second-order valence-electron chi connectivity index (χ2n) is 10.5. The number of hydrogen-bond donors (Lipinski definition) is 2. The van der Waals surface area contributed by atoms with Gasteiger partial charge in [-0.05, 0) is 53.6 Å². The van der Waals surface area contributed by atoms with Crippen molar-refractivity contribution in [2.45, 2.75) is 13.0 Å². The van der Waals surface area contributed by atoms with Gasteiger partial charge in [-0.1, -0.05) is 71.4 Å². The molecule has 3 aromatic rings. The third kappa shape index (κ3) is 8.87. The Balaban J connectivity index is 1.28. The Morgan fingerprint density at radius 2 is 1.87 bits per heavy atom. The number of amides is 2. The van der Waals surface area contributed by atoms with Crippen molar-refractivity contribution in [1.29, 1.82) is 0 Å². The molecule has 0 saturated carbocycles. The van der Waals surface area contributed by atoms with Crippen molar-refractivity contribution in [1.82, 2.24) is 15.1 Å². The first-order chi connectivity index (χ1) is 22.2. The summed E-state index contributed by atoms with van der Waals surface area (Å²) in [5.41, 5.74) is 3.10. The summed E-state index contributed by atoms with van der Waals surface area (Å²) in [6, 6.07) is 17.3. The van der Waals surface area contributed by atoms with Gasteiger partial charge in [-0.25, -0.2) is 4.79 Å². The van der Waals surface area contributed by atoms with Gasteiger partial charge < -0.3 is 19.9 Å². The lowest BCUT2D eigenvalue weighted by Gasteiger charge is -2.26. The summed E-state index contributed by atoms with van der Waals surface area (Å²) in [7, 11) is 0. The number of carbonyl (C=O) groups excluding carboxylic acids is 2. The summed E-state index contributed by atoms with van der Waals surface area (Å²) in [6.07, 6.45) is 1.78. The number of aromatic carboxylic acids is 1. The van der Waals surface area contributed by atoms with Crippen molar-refractivity contribution in [2.24, 2.45) is 0 Å². The topological polar surface area (TPSA) is 108 Å². The lowest BCUT2D eigenvalue weighted by Crippen LogP contribution is -2.38. The molecule has 2 heterocycles. The first-order valence-corrected chi connectivity index (χ1v) is 16.5. The Labute approximate surface area is 286 Å². The Morgan fingerprint density at radius 3 is 2.63 bits per heavy atom. The van der Waals surface area contributed by atoms with E-state index in [1.54, 1.807) is 30.3 Å². The number of morpholine rings is 1. The average molecular weight is 701 g/mol. The van der Waals surface area contributed by atoms with E-state index in [4.69, 9.17) is 44.9 Å². The molecule has 0 bridgehead atoms. The van der Waals surface area contributed by atoms with Crippen LogP contribution in [0.3, 0.4) is 0 Å². The molecule has 0 atom stereocenters. The van der Waals surface area contributed by atoms with Crippen LogP contribution in [0.4, 0.5) is 0 Å². The molecule has 0 radical (unpaired) electrons. The predicted molar refractivity (Wildman–Crippen MR) is 184 cm³/mol. The fraction of sp³-hybridized carbons (Fsp3) is 0.273. The minimum Gasteiger partial charge on any atom is -0.492 e. The average Bonchev–Trinajstić information content (AvgIpc) is 3.31. The maximum atomic E-state index is 13.5. The quantitative estimate of drug-likeness (QED) is 0.174. The molecule has 9 nitrogen and oxygen atoms in total. The molecule has 2 saturated heterocycles. The summed E-state index contributed by atoms with van der Waals surface area (Å²) in [6.45, 7) is 4.57. The van der Waals surface area contributed by atoms with Gasteiger partial charge in [-0.3, -0.25) is 19.4 Å². The number of nitrogens with one attached hydrogen (secondary N) is 1. The molecular formula is C33H31Cl2N3O6S2. The smallest absolute Gasteiger partial charge is 0.335 e. The van der Waals surface area contributed by atoms with Crippen LogP contribution in [0, 0.1) is 0 Å². The summed E-state index contributed by atoms with van der Waals surface area (Å²) < 4.78 is 12.0. The molecule has 0 aliphatic carbocycles. The summed E-state index contributed by atoms with van der Waals surface area (Å²) in [5, 5.41) is 13.0. The third-order valence-electron chi connectivity index (χ3n) is 7.41. The fourth-order valence-electron chi connectivity index (χ4n) is 4.94. The van der Waals surface area contributed by atoms with Gasteiger partial charge in [0.15, 0.2) is 0 Å². The number of carbonyl (C=O) groups is 3. The van der Waals surface area contributed by atoms with Gasteiger partial charge in [0, 0.05) is 60.3 Å². The van der Waals surface area contributed by atoms with Gasteiger partial charge in [0.25, 0.3) is 5.91 Å². The van der Waals surface area contributed by atoms with E-state index in [-0.39, 0.29) is 36.9 Å². The highest BCUT2D eigenvalue weighted by atomic mass is 35.5. The van der Waals surface area contributed by atoms with Crippen molar-refractivity contribution >= 4 is 75.4 Å². The van der Waals surface area contributed by atoms with E-state index >= 15 is 0 Å². The van der Waals surface area contributed by atoms with Gasteiger partial charge in [0.2, 0.25) is 5.91 Å². The van der Waals surface area contributed by atoms with Gasteiger partial charge in [-0.2, -0.15) is 0 Å². The largest absolute Gasteiger partial charge is 0.492 e. The Kier molecular flexibility index (Phi) is 11.7. The zero-order valence-corrected chi connectivity index (χ0v) is 27.8. The maximum Gasteiger partial charge on any atom is 0.335 e. The van der Waals surface area contributed by atoms with E-state index in [0.29, 0.717) is 56.0 Å². The zero-order chi connectivity index (χ0) is 32.6. The summed E-state index contributed by atoms with van der Waals surface area (Å²) in [5.74, 6) is -1.02. The molecule has 13 heteroatoms. The number of carboxylic acids is 1. The van der Waals surface area contributed by atoms with E-state index in [0.717, 1.165) is 30.8 Å². The molecule has 2 aliphatic rings. The molecule has 2 aliphatic heterocycles. The van der Waals surface area contributed by atoms with Crippen LogP contribution in [-0.2, 0) is 20.9 Å². The van der Waals surface area contributed by atoms with Crippen LogP contribution < -0.4 is 10.1 Å². The van der Waals surface area contributed by atoms with Crippen LogP contribution >= 0.6 is 47.2 Å². The van der Waals surface area contributed by atoms with Crippen molar-refractivity contribution in [3.63, 3.8) is 0 Å². The number of nitrogens with zero attached hydrogens (tertiary/aromatic N) is 2. The second kappa shape index (κ2) is 15.9. The van der Waals surface area contributed by atoms with Gasteiger partial charge in [0.05, 0.1) is 23.7 Å². The van der Waals surface area contributed by atoms with Crippen LogP contribution in [-0.4, -0.2) is 83.0 Å². The Bertz CT molecular complexity index is 1680. The second-order valence-corrected chi connectivity index (χ2v) is 13.1. The molecule has 5 rings (SSSR count). The molecular weight excluding hydrogens is 669 g/mol. The molecule has 2 fully saturated rings. The van der Waals surface area contributed by atoms with E-state index < -0.39 is 5.97 Å². The first-order valence-electron chi connectivity index (χ1n) is 14.5. The lowest BCUT2D eigenvalue weighted by atomic mass is 10.0. The number of thioether (sulfide) groups is 1. The van der Waals surface area contributed by atoms with E-state index in [1.807, 2.05) is 24.3 Å². The Morgan fingerprint density at radius 1 is 1.07 bits per heavy atom. The normalized spacial score (nSPS) is 16.2. The monoisotopic (exact) mass is 699 g/mol. The number of carboxylic acid groups (broad SMARTS) is 1. The molecule has 0 aromatic heterocycles. The van der Waals surface area contributed by atoms with Crippen molar-refractivity contribution in [3.8, 4) is 16.9 Å². The molecule has 2 N–H and O–H groups in total. The molecule has 3 aromatic carbocycles.